The highest BCUT2D eigenvalue weighted by molar-refractivity contribution is 9.10. The summed E-state index contributed by atoms with van der Waals surface area (Å²) in [5.41, 5.74) is 1.16. The van der Waals surface area contributed by atoms with E-state index in [1.807, 2.05) is 31.2 Å². The molecule has 0 bridgehead atoms. The number of aromatic nitrogens is 2. The number of anilines is 2. The molecule has 1 aromatic heterocycles. The molecule has 1 heterocycles. The van der Waals surface area contributed by atoms with Crippen molar-refractivity contribution in [3.63, 3.8) is 0 Å². The van der Waals surface area contributed by atoms with Gasteiger partial charge in [-0.2, -0.15) is 0 Å². The molecule has 0 saturated heterocycles. The maximum Gasteiger partial charge on any atom is 0.146 e. The lowest BCUT2D eigenvalue weighted by atomic mass is 10.1. The lowest BCUT2D eigenvalue weighted by molar-refractivity contribution is 0.414. The molecule has 21 heavy (non-hydrogen) atoms. The van der Waals surface area contributed by atoms with E-state index in [9.17, 15) is 0 Å². The van der Waals surface area contributed by atoms with Crippen molar-refractivity contribution < 1.29 is 4.74 Å². The fraction of sp³-hybridized carbons (Fsp3) is 0.333. The highest BCUT2D eigenvalue weighted by Crippen LogP contribution is 2.29. The van der Waals surface area contributed by atoms with Crippen molar-refractivity contribution in [2.45, 2.75) is 19.9 Å². The van der Waals surface area contributed by atoms with Gasteiger partial charge in [-0.15, -0.1) is 0 Å². The molecule has 112 valence electrons. The molecule has 0 aliphatic heterocycles. The topological polar surface area (TPSA) is 59.1 Å². The Kier molecular flexibility index (Phi) is 5.38. The zero-order chi connectivity index (χ0) is 15.2. The van der Waals surface area contributed by atoms with Crippen LogP contribution in [-0.2, 0) is 0 Å². The minimum absolute atomic E-state index is 0.122. The molecular formula is C15H19BrN4O. The van der Waals surface area contributed by atoms with E-state index in [0.29, 0.717) is 0 Å². The van der Waals surface area contributed by atoms with Crippen LogP contribution >= 0.6 is 15.9 Å². The molecule has 0 aliphatic carbocycles. The van der Waals surface area contributed by atoms with Gasteiger partial charge < -0.3 is 15.4 Å². The van der Waals surface area contributed by atoms with Crippen molar-refractivity contribution in [1.82, 2.24) is 9.97 Å². The average molecular weight is 351 g/mol. The number of hydrogen-bond donors (Lipinski definition) is 2. The van der Waals surface area contributed by atoms with Gasteiger partial charge in [0, 0.05) is 12.6 Å². The second-order valence-corrected chi connectivity index (χ2v) is 5.35. The summed E-state index contributed by atoms with van der Waals surface area (Å²) in [6.07, 6.45) is 1.55. The van der Waals surface area contributed by atoms with Crippen molar-refractivity contribution in [3.8, 4) is 5.75 Å². The number of ether oxygens (including phenoxy) is 1. The van der Waals surface area contributed by atoms with Crippen LogP contribution in [0.4, 0.5) is 11.6 Å². The first-order valence-electron chi connectivity index (χ1n) is 6.80. The third-order valence-electron chi connectivity index (χ3n) is 3.10. The van der Waals surface area contributed by atoms with Crippen molar-refractivity contribution in [2.24, 2.45) is 0 Å². The third kappa shape index (κ3) is 3.85. The summed E-state index contributed by atoms with van der Waals surface area (Å²) in [4.78, 5) is 8.49. The van der Waals surface area contributed by atoms with Crippen LogP contribution in [0.3, 0.4) is 0 Å². The normalized spacial score (nSPS) is 11.8. The number of hydrogen-bond acceptors (Lipinski definition) is 5. The Morgan fingerprint density at radius 2 is 1.86 bits per heavy atom. The van der Waals surface area contributed by atoms with Crippen LogP contribution in [0.15, 0.2) is 35.1 Å². The van der Waals surface area contributed by atoms with Crippen LogP contribution in [0, 0.1) is 0 Å². The van der Waals surface area contributed by atoms with E-state index in [0.717, 1.165) is 34.0 Å². The molecular weight excluding hydrogens is 332 g/mol. The Morgan fingerprint density at radius 3 is 2.48 bits per heavy atom. The van der Waals surface area contributed by atoms with Gasteiger partial charge in [-0.05, 0) is 47.5 Å². The molecule has 1 atom stereocenters. The minimum Gasteiger partial charge on any atom is -0.497 e. The van der Waals surface area contributed by atoms with E-state index < -0.39 is 0 Å². The van der Waals surface area contributed by atoms with E-state index in [-0.39, 0.29) is 6.04 Å². The Hall–Kier alpha value is -1.82. The molecule has 0 aliphatic rings. The van der Waals surface area contributed by atoms with Gasteiger partial charge >= 0.3 is 0 Å². The molecule has 1 aromatic carbocycles. The highest BCUT2D eigenvalue weighted by Gasteiger charge is 2.12. The van der Waals surface area contributed by atoms with E-state index in [1.54, 1.807) is 13.4 Å². The molecule has 0 radical (unpaired) electrons. The average Bonchev–Trinajstić information content (AvgIpc) is 2.51. The Morgan fingerprint density at radius 1 is 1.19 bits per heavy atom. The van der Waals surface area contributed by atoms with E-state index in [2.05, 4.69) is 43.5 Å². The molecule has 0 amide bonds. The molecule has 2 N–H and O–H groups in total. The predicted molar refractivity (Wildman–Crippen MR) is 88.9 cm³/mol. The van der Waals surface area contributed by atoms with Gasteiger partial charge in [0.2, 0.25) is 0 Å². The highest BCUT2D eigenvalue weighted by atomic mass is 79.9. The van der Waals surface area contributed by atoms with E-state index >= 15 is 0 Å². The Bertz CT molecular complexity index is 589. The predicted octanol–water partition coefficient (Wildman–Crippen LogP) is 3.85. The SMILES string of the molecule is CCNc1ncnc(NC(C)c2ccc(OC)cc2)c1Br. The summed E-state index contributed by atoms with van der Waals surface area (Å²) in [6, 6.07) is 8.10. The monoisotopic (exact) mass is 350 g/mol. The fourth-order valence-electron chi connectivity index (χ4n) is 1.94. The number of nitrogens with zero attached hydrogens (tertiary/aromatic N) is 2. The number of methoxy groups -OCH3 is 1. The zero-order valence-corrected chi connectivity index (χ0v) is 13.9. The van der Waals surface area contributed by atoms with Crippen LogP contribution in [0.2, 0.25) is 0 Å². The summed E-state index contributed by atoms with van der Waals surface area (Å²) in [7, 11) is 1.66. The number of nitrogens with one attached hydrogen (secondary N) is 2. The number of rotatable bonds is 6. The summed E-state index contributed by atoms with van der Waals surface area (Å²) in [6.45, 7) is 4.92. The Balaban J connectivity index is 2.14. The van der Waals surface area contributed by atoms with Gasteiger partial charge in [0.05, 0.1) is 7.11 Å². The van der Waals surface area contributed by atoms with Gasteiger partial charge in [-0.25, -0.2) is 9.97 Å². The lowest BCUT2D eigenvalue weighted by Gasteiger charge is -2.17. The smallest absolute Gasteiger partial charge is 0.146 e. The number of halogens is 1. The van der Waals surface area contributed by atoms with Gasteiger partial charge in [0.25, 0.3) is 0 Å². The molecule has 1 unspecified atom stereocenters. The molecule has 0 fully saturated rings. The Labute approximate surface area is 133 Å². The first kappa shape index (κ1) is 15.6. The van der Waals surface area contributed by atoms with Crippen molar-refractivity contribution >= 4 is 27.6 Å². The first-order valence-corrected chi connectivity index (χ1v) is 7.59. The molecule has 2 rings (SSSR count). The van der Waals surface area contributed by atoms with Crippen LogP contribution in [0.25, 0.3) is 0 Å². The number of benzene rings is 1. The second kappa shape index (κ2) is 7.26. The molecule has 0 spiro atoms. The van der Waals surface area contributed by atoms with E-state index in [1.165, 1.54) is 0 Å². The zero-order valence-electron chi connectivity index (χ0n) is 12.4. The van der Waals surface area contributed by atoms with E-state index in [4.69, 9.17) is 4.74 Å². The second-order valence-electron chi connectivity index (χ2n) is 4.55. The van der Waals surface area contributed by atoms with Gasteiger partial charge in [-0.1, -0.05) is 12.1 Å². The maximum atomic E-state index is 5.17. The fourth-order valence-corrected chi connectivity index (χ4v) is 2.40. The van der Waals surface area contributed by atoms with Crippen LogP contribution in [0.5, 0.6) is 5.75 Å². The summed E-state index contributed by atoms with van der Waals surface area (Å²) < 4.78 is 6.01. The lowest BCUT2D eigenvalue weighted by Crippen LogP contribution is -2.10. The van der Waals surface area contributed by atoms with Crippen LogP contribution in [0.1, 0.15) is 25.5 Å². The molecule has 6 heteroatoms. The molecule has 5 nitrogen and oxygen atoms in total. The third-order valence-corrected chi connectivity index (χ3v) is 3.85. The van der Waals surface area contributed by atoms with Crippen molar-refractivity contribution in [2.75, 3.05) is 24.3 Å². The first-order chi connectivity index (χ1) is 10.2. The van der Waals surface area contributed by atoms with Crippen molar-refractivity contribution in [3.05, 3.63) is 40.6 Å². The summed E-state index contributed by atoms with van der Waals surface area (Å²) in [5, 5.41) is 6.57. The van der Waals surface area contributed by atoms with Crippen LogP contribution < -0.4 is 15.4 Å². The standard InChI is InChI=1S/C15H19BrN4O/c1-4-17-14-13(16)15(19-9-18-14)20-10(2)11-5-7-12(21-3)8-6-11/h5-10H,4H2,1-3H3,(H2,17,18,19,20). The van der Waals surface area contributed by atoms with Gasteiger partial charge in [0.1, 0.15) is 28.2 Å². The molecule has 2 aromatic rings. The van der Waals surface area contributed by atoms with Gasteiger partial charge in [-0.3, -0.25) is 0 Å². The largest absolute Gasteiger partial charge is 0.497 e. The van der Waals surface area contributed by atoms with Crippen molar-refractivity contribution in [1.29, 1.82) is 0 Å². The summed E-state index contributed by atoms with van der Waals surface area (Å²) >= 11 is 3.54. The van der Waals surface area contributed by atoms with Crippen LogP contribution in [-0.4, -0.2) is 23.6 Å². The summed E-state index contributed by atoms with van der Waals surface area (Å²) in [5.74, 6) is 2.41. The van der Waals surface area contributed by atoms with Gasteiger partial charge in [0.15, 0.2) is 0 Å². The maximum absolute atomic E-state index is 5.17. The minimum atomic E-state index is 0.122. The quantitative estimate of drug-likeness (QED) is 0.828. The molecule has 0 saturated carbocycles.